The van der Waals surface area contributed by atoms with Crippen LogP contribution in [0.4, 0.5) is 5.82 Å². The second-order valence-electron chi connectivity index (χ2n) is 7.42. The van der Waals surface area contributed by atoms with Crippen molar-refractivity contribution in [2.75, 3.05) is 11.9 Å². The number of benzene rings is 1. The fourth-order valence-electron chi connectivity index (χ4n) is 3.58. The summed E-state index contributed by atoms with van der Waals surface area (Å²) < 4.78 is 5.52. The van der Waals surface area contributed by atoms with Crippen molar-refractivity contribution in [2.24, 2.45) is 5.92 Å². The van der Waals surface area contributed by atoms with Crippen LogP contribution in [0.3, 0.4) is 0 Å². The van der Waals surface area contributed by atoms with Crippen LogP contribution in [0, 0.1) is 5.92 Å². The van der Waals surface area contributed by atoms with E-state index in [9.17, 15) is 9.59 Å². The molecular formula is C21H22N6O3. The van der Waals surface area contributed by atoms with Crippen LogP contribution in [-0.4, -0.2) is 45.1 Å². The van der Waals surface area contributed by atoms with Crippen LogP contribution in [0.25, 0.3) is 0 Å². The number of carbonyl (C=O) groups excluding carboxylic acids is 2. The van der Waals surface area contributed by atoms with Gasteiger partial charge in [0.2, 0.25) is 5.89 Å². The quantitative estimate of drug-likeness (QED) is 0.704. The molecular weight excluding hydrogens is 384 g/mol. The van der Waals surface area contributed by atoms with Crippen LogP contribution in [0.15, 0.2) is 47.1 Å². The van der Waals surface area contributed by atoms with Gasteiger partial charge >= 0.3 is 11.8 Å². The highest BCUT2D eigenvalue weighted by Crippen LogP contribution is 2.34. The number of aromatic nitrogens is 4. The maximum Gasteiger partial charge on any atom is 0.309 e. The zero-order valence-electron chi connectivity index (χ0n) is 16.9. The van der Waals surface area contributed by atoms with E-state index in [1.165, 1.54) is 4.90 Å². The highest BCUT2D eigenvalue weighted by atomic mass is 16.4. The number of fused-ring (bicyclic) bond motifs is 1. The van der Waals surface area contributed by atoms with Gasteiger partial charge in [0.25, 0.3) is 5.91 Å². The van der Waals surface area contributed by atoms with Crippen LogP contribution < -0.4 is 10.2 Å². The Morgan fingerprint density at radius 3 is 2.63 bits per heavy atom. The summed E-state index contributed by atoms with van der Waals surface area (Å²) in [4.78, 5) is 35.9. The monoisotopic (exact) mass is 406 g/mol. The molecule has 9 heteroatoms. The van der Waals surface area contributed by atoms with Gasteiger partial charge < -0.3 is 9.73 Å². The number of hydrogen-bond acceptors (Lipinski definition) is 7. The number of nitrogens with zero attached hydrogens (tertiary/aromatic N) is 5. The lowest BCUT2D eigenvalue weighted by molar-refractivity contribution is -0.121. The highest BCUT2D eigenvalue weighted by molar-refractivity contribution is 6.01. The fourth-order valence-corrected chi connectivity index (χ4v) is 3.58. The van der Waals surface area contributed by atoms with Crippen molar-refractivity contribution in [3.8, 4) is 0 Å². The van der Waals surface area contributed by atoms with Crippen molar-refractivity contribution >= 4 is 17.6 Å². The molecule has 0 aliphatic carbocycles. The first kappa shape index (κ1) is 19.7. The molecule has 0 radical (unpaired) electrons. The summed E-state index contributed by atoms with van der Waals surface area (Å²) in [5.74, 6) is -0.503. The average Bonchev–Trinajstić information content (AvgIpc) is 3.22. The Hall–Kier alpha value is -3.62. The third-order valence-corrected chi connectivity index (χ3v) is 5.51. The number of rotatable bonds is 4. The number of carbonyl (C=O) groups is 2. The molecule has 2 amide bonds. The van der Waals surface area contributed by atoms with Gasteiger partial charge in [0.15, 0.2) is 5.82 Å². The van der Waals surface area contributed by atoms with Crippen LogP contribution >= 0.6 is 0 Å². The highest BCUT2D eigenvalue weighted by Gasteiger charge is 2.40. The van der Waals surface area contributed by atoms with Gasteiger partial charge in [-0.3, -0.25) is 19.5 Å². The van der Waals surface area contributed by atoms with Crippen LogP contribution in [-0.2, 0) is 11.2 Å². The van der Waals surface area contributed by atoms with E-state index in [1.807, 2.05) is 44.2 Å². The lowest BCUT2D eigenvalue weighted by Crippen LogP contribution is -2.50. The third-order valence-electron chi connectivity index (χ3n) is 5.51. The topological polar surface area (TPSA) is 114 Å². The molecule has 2 aromatic heterocycles. The summed E-state index contributed by atoms with van der Waals surface area (Å²) in [7, 11) is 1.63. The summed E-state index contributed by atoms with van der Waals surface area (Å²) in [6.07, 6.45) is 3.57. The van der Waals surface area contributed by atoms with E-state index in [-0.39, 0.29) is 23.6 Å². The predicted molar refractivity (Wildman–Crippen MR) is 108 cm³/mol. The van der Waals surface area contributed by atoms with E-state index in [0.717, 1.165) is 11.3 Å². The Morgan fingerprint density at radius 1 is 1.13 bits per heavy atom. The number of amides is 2. The number of anilines is 1. The summed E-state index contributed by atoms with van der Waals surface area (Å²) in [5.41, 5.74) is 1.72. The zero-order chi connectivity index (χ0) is 21.3. The van der Waals surface area contributed by atoms with Crippen LogP contribution in [0.5, 0.6) is 0 Å². The van der Waals surface area contributed by atoms with Crippen molar-refractivity contribution in [2.45, 2.75) is 32.2 Å². The number of likely N-dealkylation sites (N-methyl/N-ethyl adjacent to an activating group) is 1. The largest absolute Gasteiger partial charge is 0.417 e. The molecule has 1 aliphatic rings. The van der Waals surface area contributed by atoms with Crippen molar-refractivity contribution in [3.63, 3.8) is 0 Å². The molecule has 4 rings (SSSR count). The summed E-state index contributed by atoms with van der Waals surface area (Å²) in [6, 6.07) is 8.84. The average molecular weight is 406 g/mol. The summed E-state index contributed by atoms with van der Waals surface area (Å²) in [6.45, 7) is 3.87. The molecule has 1 aromatic carbocycles. The van der Waals surface area contributed by atoms with Crippen molar-refractivity contribution in [1.82, 2.24) is 25.5 Å². The van der Waals surface area contributed by atoms with Crippen LogP contribution in [0.1, 0.15) is 47.6 Å². The summed E-state index contributed by atoms with van der Waals surface area (Å²) >= 11 is 0. The molecule has 0 saturated heterocycles. The predicted octanol–water partition coefficient (Wildman–Crippen LogP) is 1.96. The molecule has 1 N–H and O–H groups in total. The molecule has 3 heterocycles. The molecule has 9 nitrogen and oxygen atoms in total. The van der Waals surface area contributed by atoms with Crippen LogP contribution in [0.2, 0.25) is 0 Å². The first-order valence-corrected chi connectivity index (χ1v) is 9.71. The normalized spacial score (nSPS) is 21.1. The molecule has 1 aliphatic heterocycles. The van der Waals surface area contributed by atoms with E-state index < -0.39 is 11.9 Å². The Labute approximate surface area is 173 Å². The zero-order valence-corrected chi connectivity index (χ0v) is 16.9. The lowest BCUT2D eigenvalue weighted by atomic mass is 9.87. The molecule has 3 atom stereocenters. The van der Waals surface area contributed by atoms with Gasteiger partial charge in [-0.2, -0.15) is 0 Å². The molecule has 30 heavy (non-hydrogen) atoms. The second-order valence-corrected chi connectivity index (χ2v) is 7.42. The SMILES string of the molecule is C[C@@H]1[C@H](NC(=O)c2nnc(Cc3ccccc3)o2)C(=O)N(C)c2nccnc2[C@@H]1C. The minimum Gasteiger partial charge on any atom is -0.417 e. The van der Waals surface area contributed by atoms with E-state index in [0.29, 0.717) is 18.1 Å². The summed E-state index contributed by atoms with van der Waals surface area (Å²) in [5, 5.41) is 10.6. The Morgan fingerprint density at radius 2 is 1.87 bits per heavy atom. The van der Waals surface area contributed by atoms with Gasteiger partial charge in [-0.1, -0.05) is 44.2 Å². The van der Waals surface area contributed by atoms with E-state index in [1.54, 1.807) is 19.4 Å². The maximum atomic E-state index is 13.1. The standard InChI is InChI=1S/C21H22N6O3/c1-12-13(2)17(21(29)27(3)18-16(12)22-9-10-23-18)24-19(28)20-26-25-15(30-20)11-14-7-5-4-6-8-14/h4-10,12-13,17H,11H2,1-3H3,(H,24,28)/t12-,13+,17+/m1/s1. The first-order chi connectivity index (χ1) is 14.5. The Bertz CT molecular complexity index is 1070. The smallest absolute Gasteiger partial charge is 0.309 e. The van der Waals surface area contributed by atoms with Gasteiger partial charge in [0.1, 0.15) is 6.04 Å². The minimum atomic E-state index is -0.780. The van der Waals surface area contributed by atoms with Crippen molar-refractivity contribution in [3.05, 3.63) is 65.8 Å². The molecule has 154 valence electrons. The number of hydrogen-bond donors (Lipinski definition) is 1. The van der Waals surface area contributed by atoms with E-state index in [4.69, 9.17) is 4.42 Å². The van der Waals surface area contributed by atoms with Gasteiger partial charge in [-0.15, -0.1) is 10.2 Å². The van der Waals surface area contributed by atoms with Crippen molar-refractivity contribution in [1.29, 1.82) is 0 Å². The fraction of sp³-hybridized carbons (Fsp3) is 0.333. The van der Waals surface area contributed by atoms with E-state index >= 15 is 0 Å². The second kappa shape index (κ2) is 8.02. The molecule has 0 fully saturated rings. The lowest BCUT2D eigenvalue weighted by Gasteiger charge is -2.25. The third kappa shape index (κ3) is 3.66. The maximum absolute atomic E-state index is 13.1. The van der Waals surface area contributed by atoms with Gasteiger partial charge in [-0.25, -0.2) is 4.98 Å². The Balaban J connectivity index is 1.52. The molecule has 0 unspecified atom stereocenters. The molecule has 3 aromatic rings. The molecule has 0 bridgehead atoms. The van der Waals surface area contributed by atoms with Gasteiger partial charge in [0, 0.05) is 25.4 Å². The van der Waals surface area contributed by atoms with E-state index in [2.05, 4.69) is 25.5 Å². The molecule has 0 spiro atoms. The van der Waals surface area contributed by atoms with Crippen molar-refractivity contribution < 1.29 is 14.0 Å². The minimum absolute atomic E-state index is 0.0933. The van der Waals surface area contributed by atoms with Gasteiger partial charge in [-0.05, 0) is 11.5 Å². The molecule has 0 saturated carbocycles. The van der Waals surface area contributed by atoms with Gasteiger partial charge in [0.05, 0.1) is 12.1 Å². The Kier molecular flexibility index (Phi) is 5.26. The first-order valence-electron chi connectivity index (χ1n) is 9.71. The number of nitrogens with one attached hydrogen (secondary N) is 1.